The van der Waals surface area contributed by atoms with Gasteiger partial charge in [-0.1, -0.05) is 6.92 Å². The summed E-state index contributed by atoms with van der Waals surface area (Å²) in [4.78, 5) is 0. The Morgan fingerprint density at radius 2 is 2.20 bits per heavy atom. The fraction of sp³-hybridized carbons (Fsp3) is 0.875. The average Bonchev–Trinajstić information content (AvgIpc) is 1.95. The van der Waals surface area contributed by atoms with Gasteiger partial charge < -0.3 is 5.11 Å². The van der Waals surface area contributed by atoms with Gasteiger partial charge in [0, 0.05) is 0 Å². The largest absolute Gasteiger partial charge is 0.393 e. The second-order valence-electron chi connectivity index (χ2n) is 3.09. The molecule has 0 heterocycles. The molecule has 2 nitrogen and oxygen atoms in total. The smallest absolute Gasteiger partial charge is 0.0659 e. The highest BCUT2D eigenvalue weighted by Crippen LogP contribution is 2.28. The second-order valence-corrected chi connectivity index (χ2v) is 3.09. The fourth-order valence-electron chi connectivity index (χ4n) is 1.52. The topological polar surface area (TPSA) is 44.0 Å². The molecule has 1 N–H and O–H groups in total. The average molecular weight is 139 g/mol. The Balaban J connectivity index is 2.53. The first-order chi connectivity index (χ1) is 4.75. The van der Waals surface area contributed by atoms with Crippen LogP contribution in [-0.2, 0) is 0 Å². The van der Waals surface area contributed by atoms with Crippen molar-refractivity contribution in [3.63, 3.8) is 0 Å². The van der Waals surface area contributed by atoms with Gasteiger partial charge in [-0.3, -0.25) is 0 Å². The molecule has 0 saturated heterocycles. The van der Waals surface area contributed by atoms with E-state index in [-0.39, 0.29) is 17.9 Å². The van der Waals surface area contributed by atoms with Crippen molar-refractivity contribution in [1.29, 1.82) is 5.26 Å². The summed E-state index contributed by atoms with van der Waals surface area (Å²) in [6.45, 7) is 1.96. The molecule has 1 saturated carbocycles. The summed E-state index contributed by atoms with van der Waals surface area (Å²) in [7, 11) is 0. The van der Waals surface area contributed by atoms with E-state index in [1.54, 1.807) is 0 Å². The van der Waals surface area contributed by atoms with Gasteiger partial charge in [0.05, 0.1) is 18.1 Å². The van der Waals surface area contributed by atoms with Gasteiger partial charge in [0.1, 0.15) is 0 Å². The van der Waals surface area contributed by atoms with Crippen molar-refractivity contribution in [2.45, 2.75) is 32.3 Å². The number of hydrogen-bond donors (Lipinski definition) is 1. The van der Waals surface area contributed by atoms with Gasteiger partial charge in [-0.25, -0.2) is 0 Å². The van der Waals surface area contributed by atoms with Crippen LogP contribution in [0.5, 0.6) is 0 Å². The van der Waals surface area contributed by atoms with E-state index < -0.39 is 0 Å². The summed E-state index contributed by atoms with van der Waals surface area (Å²) >= 11 is 0. The molecule has 0 aromatic heterocycles. The molecule has 0 unspecified atom stereocenters. The number of rotatable bonds is 0. The van der Waals surface area contributed by atoms with Crippen LogP contribution >= 0.6 is 0 Å². The SMILES string of the molecule is C[C@H]1[C@@H](O)CCC[C@@H]1C#N. The van der Waals surface area contributed by atoms with Crippen molar-refractivity contribution < 1.29 is 5.11 Å². The lowest BCUT2D eigenvalue weighted by atomic mass is 9.79. The Morgan fingerprint density at radius 3 is 2.70 bits per heavy atom. The van der Waals surface area contributed by atoms with Gasteiger partial charge in [-0.2, -0.15) is 5.26 Å². The molecule has 1 aliphatic rings. The number of nitrogens with zero attached hydrogens (tertiary/aromatic N) is 1. The van der Waals surface area contributed by atoms with Crippen LogP contribution in [0.25, 0.3) is 0 Å². The van der Waals surface area contributed by atoms with Gasteiger partial charge in [-0.15, -0.1) is 0 Å². The predicted octanol–water partition coefficient (Wildman–Crippen LogP) is 1.31. The van der Waals surface area contributed by atoms with Crippen molar-refractivity contribution in [2.75, 3.05) is 0 Å². The van der Waals surface area contributed by atoms with Crippen LogP contribution in [-0.4, -0.2) is 11.2 Å². The Labute approximate surface area is 61.5 Å². The molecule has 0 aromatic rings. The molecule has 0 aromatic carbocycles. The lowest BCUT2D eigenvalue weighted by Gasteiger charge is -2.28. The number of aliphatic hydroxyl groups excluding tert-OH is 1. The first kappa shape index (κ1) is 7.56. The minimum absolute atomic E-state index is 0.0868. The molecule has 56 valence electrons. The van der Waals surface area contributed by atoms with E-state index >= 15 is 0 Å². The fourth-order valence-corrected chi connectivity index (χ4v) is 1.52. The van der Waals surface area contributed by atoms with Crippen LogP contribution in [0.15, 0.2) is 0 Å². The summed E-state index contributed by atoms with van der Waals surface area (Å²) < 4.78 is 0. The normalized spacial score (nSPS) is 40.7. The molecule has 3 atom stereocenters. The standard InChI is InChI=1S/C8H13NO/c1-6-7(5-9)3-2-4-8(6)10/h6-8,10H,2-4H2,1H3/t6-,7-,8+/m1/s1. The summed E-state index contributed by atoms with van der Waals surface area (Å²) in [6.07, 6.45) is 2.61. The van der Waals surface area contributed by atoms with Crippen molar-refractivity contribution in [3.05, 3.63) is 0 Å². The number of aliphatic hydroxyl groups is 1. The van der Waals surface area contributed by atoms with Crippen LogP contribution in [0.1, 0.15) is 26.2 Å². The van der Waals surface area contributed by atoms with E-state index in [1.807, 2.05) is 6.92 Å². The van der Waals surface area contributed by atoms with Crippen molar-refractivity contribution in [1.82, 2.24) is 0 Å². The highest BCUT2D eigenvalue weighted by atomic mass is 16.3. The molecular formula is C8H13NO. The third-order valence-electron chi connectivity index (χ3n) is 2.42. The monoisotopic (exact) mass is 139 g/mol. The van der Waals surface area contributed by atoms with Crippen LogP contribution in [0, 0.1) is 23.2 Å². The van der Waals surface area contributed by atoms with E-state index in [0.29, 0.717) is 0 Å². The summed E-state index contributed by atoms with van der Waals surface area (Å²) in [6, 6.07) is 2.22. The zero-order valence-corrected chi connectivity index (χ0v) is 6.25. The Kier molecular flexibility index (Phi) is 2.29. The maximum Gasteiger partial charge on any atom is 0.0659 e. The first-order valence-corrected chi connectivity index (χ1v) is 3.83. The quantitative estimate of drug-likeness (QED) is 0.550. The highest BCUT2D eigenvalue weighted by molar-refractivity contribution is 4.92. The molecule has 1 aliphatic carbocycles. The predicted molar refractivity (Wildman–Crippen MR) is 38.1 cm³/mol. The number of hydrogen-bond acceptors (Lipinski definition) is 2. The molecule has 2 heteroatoms. The van der Waals surface area contributed by atoms with Crippen LogP contribution in [0.2, 0.25) is 0 Å². The van der Waals surface area contributed by atoms with Gasteiger partial charge in [-0.05, 0) is 25.2 Å². The number of nitriles is 1. The van der Waals surface area contributed by atoms with Gasteiger partial charge in [0.25, 0.3) is 0 Å². The van der Waals surface area contributed by atoms with E-state index in [4.69, 9.17) is 5.26 Å². The van der Waals surface area contributed by atoms with Crippen molar-refractivity contribution in [2.24, 2.45) is 11.8 Å². The maximum absolute atomic E-state index is 9.33. The summed E-state index contributed by atoms with van der Waals surface area (Å²) in [5.74, 6) is 0.266. The molecule has 0 spiro atoms. The minimum Gasteiger partial charge on any atom is -0.393 e. The minimum atomic E-state index is -0.238. The lowest BCUT2D eigenvalue weighted by molar-refractivity contribution is 0.0591. The Hall–Kier alpha value is -0.550. The summed E-state index contributed by atoms with van der Waals surface area (Å²) in [5, 5.41) is 17.9. The Bertz CT molecular complexity index is 150. The van der Waals surface area contributed by atoms with E-state index in [9.17, 15) is 5.11 Å². The first-order valence-electron chi connectivity index (χ1n) is 3.83. The summed E-state index contributed by atoms with van der Waals surface area (Å²) in [5.41, 5.74) is 0. The van der Waals surface area contributed by atoms with Crippen molar-refractivity contribution >= 4 is 0 Å². The van der Waals surface area contributed by atoms with Gasteiger partial charge >= 0.3 is 0 Å². The van der Waals surface area contributed by atoms with Crippen LogP contribution < -0.4 is 0 Å². The van der Waals surface area contributed by atoms with Gasteiger partial charge in [0.15, 0.2) is 0 Å². The second kappa shape index (κ2) is 3.03. The third kappa shape index (κ3) is 1.30. The van der Waals surface area contributed by atoms with Crippen LogP contribution in [0.3, 0.4) is 0 Å². The molecule has 0 bridgehead atoms. The molecule has 0 amide bonds. The highest BCUT2D eigenvalue weighted by Gasteiger charge is 2.27. The zero-order chi connectivity index (χ0) is 7.56. The molecular weight excluding hydrogens is 126 g/mol. The molecule has 0 radical (unpaired) electrons. The Morgan fingerprint density at radius 1 is 1.50 bits per heavy atom. The maximum atomic E-state index is 9.33. The third-order valence-corrected chi connectivity index (χ3v) is 2.42. The van der Waals surface area contributed by atoms with Crippen LogP contribution in [0.4, 0.5) is 0 Å². The molecule has 10 heavy (non-hydrogen) atoms. The van der Waals surface area contributed by atoms with E-state index in [1.165, 1.54) is 0 Å². The van der Waals surface area contributed by atoms with Crippen molar-refractivity contribution in [3.8, 4) is 6.07 Å². The molecule has 0 aliphatic heterocycles. The zero-order valence-electron chi connectivity index (χ0n) is 6.25. The lowest BCUT2D eigenvalue weighted by Crippen LogP contribution is -2.28. The van der Waals surface area contributed by atoms with Gasteiger partial charge in [0.2, 0.25) is 0 Å². The molecule has 1 fully saturated rings. The van der Waals surface area contributed by atoms with E-state index in [0.717, 1.165) is 19.3 Å². The van der Waals surface area contributed by atoms with E-state index in [2.05, 4.69) is 6.07 Å². The molecule has 1 rings (SSSR count).